The van der Waals surface area contributed by atoms with Gasteiger partial charge in [0.15, 0.2) is 0 Å². The summed E-state index contributed by atoms with van der Waals surface area (Å²) in [7, 11) is 0. The molecule has 1 aromatic carbocycles. The van der Waals surface area contributed by atoms with Crippen molar-refractivity contribution in [2.75, 3.05) is 11.9 Å². The lowest BCUT2D eigenvalue weighted by atomic mass is 9.89. The molecular weight excluding hydrogens is 304 g/mol. The Morgan fingerprint density at radius 1 is 1.36 bits per heavy atom. The van der Waals surface area contributed by atoms with Crippen molar-refractivity contribution in [1.82, 2.24) is 5.32 Å². The molecule has 0 heterocycles. The van der Waals surface area contributed by atoms with Crippen LogP contribution in [0, 0.1) is 12.8 Å². The molecule has 0 aliphatic heterocycles. The van der Waals surface area contributed by atoms with Gasteiger partial charge in [0.05, 0.1) is 5.60 Å². The number of carbonyl (C=O) groups is 2. The molecule has 0 aromatic heterocycles. The highest BCUT2D eigenvalue weighted by molar-refractivity contribution is 6.39. The lowest BCUT2D eigenvalue weighted by molar-refractivity contribution is -0.137. The SMILES string of the molecule is CCC(C)C(C)(O)CNC(=O)C(=O)Nc1ccc(C)c(Cl)c1. The van der Waals surface area contributed by atoms with Crippen LogP contribution in [0.2, 0.25) is 5.02 Å². The van der Waals surface area contributed by atoms with Crippen LogP contribution in [0.3, 0.4) is 0 Å². The van der Waals surface area contributed by atoms with E-state index in [9.17, 15) is 14.7 Å². The van der Waals surface area contributed by atoms with E-state index >= 15 is 0 Å². The minimum absolute atomic E-state index is 0.00627. The molecular formula is C16H23ClN2O3. The summed E-state index contributed by atoms with van der Waals surface area (Å²) in [6.07, 6.45) is 0.775. The summed E-state index contributed by atoms with van der Waals surface area (Å²) in [5, 5.41) is 15.6. The Hall–Kier alpha value is -1.59. The number of benzene rings is 1. The lowest BCUT2D eigenvalue weighted by Gasteiger charge is -2.29. The van der Waals surface area contributed by atoms with Crippen molar-refractivity contribution in [1.29, 1.82) is 0 Å². The number of rotatable bonds is 5. The summed E-state index contributed by atoms with van der Waals surface area (Å²) in [6, 6.07) is 5.00. The van der Waals surface area contributed by atoms with Gasteiger partial charge in [-0.1, -0.05) is 37.9 Å². The van der Waals surface area contributed by atoms with E-state index in [0.29, 0.717) is 10.7 Å². The number of amides is 2. The van der Waals surface area contributed by atoms with E-state index in [1.165, 1.54) is 0 Å². The van der Waals surface area contributed by atoms with Crippen LogP contribution in [0.4, 0.5) is 5.69 Å². The van der Waals surface area contributed by atoms with Gasteiger partial charge in [-0.05, 0) is 37.5 Å². The smallest absolute Gasteiger partial charge is 0.313 e. The Balaban J connectivity index is 2.59. The van der Waals surface area contributed by atoms with E-state index < -0.39 is 17.4 Å². The van der Waals surface area contributed by atoms with E-state index in [2.05, 4.69) is 10.6 Å². The van der Waals surface area contributed by atoms with E-state index in [4.69, 9.17) is 11.6 Å². The van der Waals surface area contributed by atoms with Crippen molar-refractivity contribution < 1.29 is 14.7 Å². The zero-order chi connectivity index (χ0) is 16.9. The second kappa shape index (κ2) is 7.61. The first-order valence-electron chi connectivity index (χ1n) is 7.25. The fourth-order valence-corrected chi connectivity index (χ4v) is 1.99. The predicted molar refractivity (Wildman–Crippen MR) is 87.9 cm³/mol. The van der Waals surface area contributed by atoms with Gasteiger partial charge in [-0.3, -0.25) is 9.59 Å². The van der Waals surface area contributed by atoms with Crippen LogP contribution in [0.15, 0.2) is 18.2 Å². The quantitative estimate of drug-likeness (QED) is 0.727. The highest BCUT2D eigenvalue weighted by Gasteiger charge is 2.28. The predicted octanol–water partition coefficient (Wildman–Crippen LogP) is 2.50. The first-order chi connectivity index (χ1) is 10.2. The average molecular weight is 327 g/mol. The average Bonchev–Trinajstić information content (AvgIpc) is 2.47. The number of hydrogen-bond acceptors (Lipinski definition) is 3. The van der Waals surface area contributed by atoms with Crippen LogP contribution in [0.5, 0.6) is 0 Å². The number of halogens is 1. The zero-order valence-corrected chi connectivity index (χ0v) is 14.1. The number of nitrogens with one attached hydrogen (secondary N) is 2. The minimum atomic E-state index is -1.06. The molecule has 5 nitrogen and oxygen atoms in total. The van der Waals surface area contributed by atoms with Crippen LogP contribution in [0.1, 0.15) is 32.8 Å². The normalized spacial score (nSPS) is 14.8. The van der Waals surface area contributed by atoms with Crippen molar-refractivity contribution in [2.24, 2.45) is 5.92 Å². The van der Waals surface area contributed by atoms with Crippen molar-refractivity contribution in [2.45, 2.75) is 39.7 Å². The van der Waals surface area contributed by atoms with Gasteiger partial charge < -0.3 is 15.7 Å². The minimum Gasteiger partial charge on any atom is -0.388 e. The molecule has 1 aromatic rings. The van der Waals surface area contributed by atoms with Crippen LogP contribution in [0.25, 0.3) is 0 Å². The fourth-order valence-electron chi connectivity index (χ4n) is 1.81. The number of hydrogen-bond donors (Lipinski definition) is 3. The van der Waals surface area contributed by atoms with Crippen molar-refractivity contribution in [3.63, 3.8) is 0 Å². The highest BCUT2D eigenvalue weighted by Crippen LogP contribution is 2.20. The molecule has 0 saturated heterocycles. The fraction of sp³-hybridized carbons (Fsp3) is 0.500. The van der Waals surface area contributed by atoms with Crippen LogP contribution in [-0.2, 0) is 9.59 Å². The van der Waals surface area contributed by atoms with Crippen LogP contribution < -0.4 is 10.6 Å². The molecule has 3 N–H and O–H groups in total. The molecule has 2 amide bonds. The van der Waals surface area contributed by atoms with Gasteiger partial charge in [-0.25, -0.2) is 0 Å². The van der Waals surface area contributed by atoms with Gasteiger partial charge in [0.2, 0.25) is 0 Å². The largest absolute Gasteiger partial charge is 0.388 e. The molecule has 0 radical (unpaired) electrons. The summed E-state index contributed by atoms with van der Waals surface area (Å²) in [6.45, 7) is 7.34. The number of aliphatic hydroxyl groups is 1. The topological polar surface area (TPSA) is 78.4 Å². The molecule has 0 fully saturated rings. The molecule has 2 atom stereocenters. The van der Waals surface area contributed by atoms with E-state index in [1.54, 1.807) is 25.1 Å². The van der Waals surface area contributed by atoms with Gasteiger partial charge in [-0.15, -0.1) is 0 Å². The standard InChI is InChI=1S/C16H23ClN2O3/c1-5-11(3)16(4,22)9-18-14(20)15(21)19-12-7-6-10(2)13(17)8-12/h6-8,11,22H,5,9H2,1-4H3,(H,18,20)(H,19,21). The second-order valence-corrected chi connectivity index (χ2v) is 6.17. The van der Waals surface area contributed by atoms with E-state index in [0.717, 1.165) is 12.0 Å². The second-order valence-electron chi connectivity index (χ2n) is 5.77. The molecule has 22 heavy (non-hydrogen) atoms. The molecule has 1 rings (SSSR count). The van der Waals surface area contributed by atoms with Gasteiger partial charge in [0.25, 0.3) is 0 Å². The molecule has 0 aliphatic carbocycles. The zero-order valence-electron chi connectivity index (χ0n) is 13.4. The maximum atomic E-state index is 11.8. The molecule has 0 bridgehead atoms. The van der Waals surface area contributed by atoms with Gasteiger partial charge in [0, 0.05) is 17.3 Å². The Morgan fingerprint density at radius 2 is 2.00 bits per heavy atom. The summed E-state index contributed by atoms with van der Waals surface area (Å²) in [5.74, 6) is -1.58. The first kappa shape index (κ1) is 18.5. The Bertz CT molecular complexity index is 558. The lowest BCUT2D eigenvalue weighted by Crippen LogP contribution is -2.47. The monoisotopic (exact) mass is 326 g/mol. The van der Waals surface area contributed by atoms with Crippen molar-refractivity contribution >= 4 is 29.1 Å². The number of anilines is 1. The third-order valence-corrected chi connectivity index (χ3v) is 4.32. The maximum Gasteiger partial charge on any atom is 0.313 e. The van der Waals surface area contributed by atoms with Gasteiger partial charge >= 0.3 is 11.8 Å². The van der Waals surface area contributed by atoms with Gasteiger partial charge in [-0.2, -0.15) is 0 Å². The third kappa shape index (κ3) is 5.00. The first-order valence-corrected chi connectivity index (χ1v) is 7.63. The highest BCUT2D eigenvalue weighted by atomic mass is 35.5. The summed E-state index contributed by atoms with van der Waals surface area (Å²) >= 11 is 5.96. The molecule has 0 spiro atoms. The molecule has 122 valence electrons. The number of carbonyl (C=O) groups excluding carboxylic acids is 2. The van der Waals surface area contributed by atoms with Crippen molar-refractivity contribution in [3.8, 4) is 0 Å². The van der Waals surface area contributed by atoms with Gasteiger partial charge in [0.1, 0.15) is 0 Å². The Kier molecular flexibility index (Phi) is 6.38. The van der Waals surface area contributed by atoms with Crippen molar-refractivity contribution in [3.05, 3.63) is 28.8 Å². The molecule has 0 saturated carbocycles. The maximum absolute atomic E-state index is 11.8. The number of aryl methyl sites for hydroxylation is 1. The van der Waals surface area contributed by atoms with E-state index in [1.807, 2.05) is 20.8 Å². The van der Waals surface area contributed by atoms with Crippen LogP contribution >= 0.6 is 11.6 Å². The molecule has 0 aliphatic rings. The summed E-state index contributed by atoms with van der Waals surface area (Å²) in [5.41, 5.74) is 0.274. The summed E-state index contributed by atoms with van der Waals surface area (Å²) in [4.78, 5) is 23.6. The Labute approximate surface area is 136 Å². The third-order valence-electron chi connectivity index (χ3n) is 3.92. The summed E-state index contributed by atoms with van der Waals surface area (Å²) < 4.78 is 0. The molecule has 6 heteroatoms. The van der Waals surface area contributed by atoms with E-state index in [-0.39, 0.29) is 12.5 Å². The van der Waals surface area contributed by atoms with Crippen LogP contribution in [-0.4, -0.2) is 29.1 Å². The molecule has 2 unspecified atom stereocenters. The Morgan fingerprint density at radius 3 is 2.55 bits per heavy atom.